The SMILES string of the molecule is CC(C#N)=CF. The molecular formula is C4H4FN. The van der Waals surface area contributed by atoms with Gasteiger partial charge in [0.05, 0.1) is 11.6 Å². The lowest BCUT2D eigenvalue weighted by Crippen LogP contribution is -1.57. The predicted octanol–water partition coefficient (Wildman–Crippen LogP) is 1.38. The van der Waals surface area contributed by atoms with Crippen LogP contribution in [0.15, 0.2) is 11.9 Å². The third-order valence-corrected chi connectivity index (χ3v) is 0.340. The fourth-order valence-corrected chi connectivity index (χ4v) is 0.0244. The molecular weight excluding hydrogens is 81.0 g/mol. The minimum atomic E-state index is 0.106. The van der Waals surface area contributed by atoms with Gasteiger partial charge in [0.2, 0.25) is 0 Å². The summed E-state index contributed by atoms with van der Waals surface area (Å²) in [6.07, 6.45) is 0.278. The molecule has 0 saturated heterocycles. The van der Waals surface area contributed by atoms with Crippen molar-refractivity contribution in [3.63, 3.8) is 0 Å². The molecule has 0 rings (SSSR count). The summed E-state index contributed by atoms with van der Waals surface area (Å²) in [4.78, 5) is 0. The maximum Gasteiger partial charge on any atom is 0.100 e. The summed E-state index contributed by atoms with van der Waals surface area (Å²) in [5.74, 6) is 0. The van der Waals surface area contributed by atoms with E-state index in [-0.39, 0.29) is 11.9 Å². The Morgan fingerprint density at radius 3 is 2.50 bits per heavy atom. The highest BCUT2D eigenvalue weighted by molar-refractivity contribution is 5.13. The van der Waals surface area contributed by atoms with E-state index in [9.17, 15) is 4.39 Å². The van der Waals surface area contributed by atoms with Crippen molar-refractivity contribution in [2.75, 3.05) is 0 Å². The standard InChI is InChI=1S/C4H4FN/c1-4(2-5)3-6/h2H,1H3. The molecule has 2 heteroatoms. The Balaban J connectivity index is 3.61. The summed E-state index contributed by atoms with van der Waals surface area (Å²) in [5.41, 5.74) is 0.106. The molecule has 0 saturated carbocycles. The van der Waals surface area contributed by atoms with Crippen molar-refractivity contribution in [3.8, 4) is 6.07 Å². The van der Waals surface area contributed by atoms with Crippen molar-refractivity contribution in [2.24, 2.45) is 0 Å². The van der Waals surface area contributed by atoms with Crippen molar-refractivity contribution < 1.29 is 4.39 Å². The summed E-state index contributed by atoms with van der Waals surface area (Å²) in [6, 6.07) is 1.60. The van der Waals surface area contributed by atoms with E-state index in [2.05, 4.69) is 0 Å². The van der Waals surface area contributed by atoms with Crippen LogP contribution in [0.25, 0.3) is 0 Å². The second kappa shape index (κ2) is 2.40. The van der Waals surface area contributed by atoms with Gasteiger partial charge in [0.15, 0.2) is 0 Å². The molecule has 0 radical (unpaired) electrons. The maximum atomic E-state index is 11.0. The zero-order chi connectivity index (χ0) is 4.99. The Morgan fingerprint density at radius 2 is 2.50 bits per heavy atom. The minimum absolute atomic E-state index is 0.106. The van der Waals surface area contributed by atoms with Crippen molar-refractivity contribution in [1.29, 1.82) is 5.26 Å². The average Bonchev–Trinajstić information content (AvgIpc) is 1.65. The molecule has 0 unspecified atom stereocenters. The molecule has 0 aliphatic heterocycles. The Labute approximate surface area is 35.7 Å². The molecule has 0 aromatic carbocycles. The van der Waals surface area contributed by atoms with E-state index in [0.717, 1.165) is 0 Å². The fraction of sp³-hybridized carbons (Fsp3) is 0.250. The Hall–Kier alpha value is -0.840. The first-order valence-corrected chi connectivity index (χ1v) is 1.48. The Kier molecular flexibility index (Phi) is 2.06. The molecule has 0 spiro atoms. The molecule has 0 atom stereocenters. The van der Waals surface area contributed by atoms with Gasteiger partial charge >= 0.3 is 0 Å². The molecule has 6 heavy (non-hydrogen) atoms. The number of halogens is 1. The van der Waals surface area contributed by atoms with Crippen molar-refractivity contribution >= 4 is 0 Å². The highest BCUT2D eigenvalue weighted by Crippen LogP contribution is 1.85. The van der Waals surface area contributed by atoms with E-state index in [4.69, 9.17) is 5.26 Å². The van der Waals surface area contributed by atoms with Gasteiger partial charge in [-0.05, 0) is 6.92 Å². The quantitative estimate of drug-likeness (QED) is 0.407. The number of hydrogen-bond acceptors (Lipinski definition) is 1. The second-order valence-electron chi connectivity index (χ2n) is 0.904. The Bertz CT molecular complexity index is 98.6. The van der Waals surface area contributed by atoms with Crippen LogP contribution in [0.1, 0.15) is 6.92 Å². The number of rotatable bonds is 0. The van der Waals surface area contributed by atoms with Crippen LogP contribution >= 0.6 is 0 Å². The molecule has 0 aromatic heterocycles. The first kappa shape index (κ1) is 5.16. The smallest absolute Gasteiger partial charge is 0.100 e. The summed E-state index contributed by atoms with van der Waals surface area (Å²) < 4.78 is 11.0. The fourth-order valence-electron chi connectivity index (χ4n) is 0.0244. The van der Waals surface area contributed by atoms with Gasteiger partial charge in [-0.25, -0.2) is 4.39 Å². The molecule has 32 valence electrons. The molecule has 0 aromatic rings. The number of hydrogen-bond donors (Lipinski definition) is 0. The van der Waals surface area contributed by atoms with Gasteiger partial charge in [0.1, 0.15) is 6.33 Å². The lowest BCUT2D eigenvalue weighted by molar-refractivity contribution is 0.714. The number of nitriles is 1. The van der Waals surface area contributed by atoms with Crippen molar-refractivity contribution in [3.05, 3.63) is 11.9 Å². The molecule has 0 fully saturated rings. The maximum absolute atomic E-state index is 11.0. The van der Waals surface area contributed by atoms with Crippen LogP contribution in [0, 0.1) is 11.3 Å². The highest BCUT2D eigenvalue weighted by atomic mass is 19.1. The van der Waals surface area contributed by atoms with E-state index in [1.54, 1.807) is 6.07 Å². The van der Waals surface area contributed by atoms with E-state index in [0.29, 0.717) is 0 Å². The van der Waals surface area contributed by atoms with Crippen LogP contribution in [0.5, 0.6) is 0 Å². The summed E-state index contributed by atoms with van der Waals surface area (Å²) in [7, 11) is 0. The van der Waals surface area contributed by atoms with Crippen molar-refractivity contribution in [2.45, 2.75) is 6.92 Å². The summed E-state index contributed by atoms with van der Waals surface area (Å²) in [6.45, 7) is 1.40. The number of nitrogens with zero attached hydrogens (tertiary/aromatic N) is 1. The second-order valence-corrected chi connectivity index (χ2v) is 0.904. The number of allylic oxidation sites excluding steroid dienone is 1. The van der Waals surface area contributed by atoms with E-state index in [1.165, 1.54) is 6.92 Å². The van der Waals surface area contributed by atoms with Crippen LogP contribution in [-0.4, -0.2) is 0 Å². The molecule has 0 N–H and O–H groups in total. The Morgan fingerprint density at radius 1 is 2.00 bits per heavy atom. The van der Waals surface area contributed by atoms with E-state index in [1.807, 2.05) is 0 Å². The lowest BCUT2D eigenvalue weighted by atomic mass is 10.4. The van der Waals surface area contributed by atoms with Gasteiger partial charge in [0.25, 0.3) is 0 Å². The monoisotopic (exact) mass is 85.0 g/mol. The van der Waals surface area contributed by atoms with Gasteiger partial charge < -0.3 is 0 Å². The zero-order valence-electron chi connectivity index (χ0n) is 3.40. The lowest BCUT2D eigenvalue weighted by Gasteiger charge is -1.67. The first-order valence-electron chi connectivity index (χ1n) is 1.48. The van der Waals surface area contributed by atoms with Gasteiger partial charge in [-0.3, -0.25) is 0 Å². The third kappa shape index (κ3) is 1.48. The van der Waals surface area contributed by atoms with Crippen LogP contribution in [0.4, 0.5) is 4.39 Å². The first-order chi connectivity index (χ1) is 2.81. The van der Waals surface area contributed by atoms with Gasteiger partial charge in [-0.15, -0.1) is 0 Å². The van der Waals surface area contributed by atoms with Gasteiger partial charge in [-0.1, -0.05) is 0 Å². The summed E-state index contributed by atoms with van der Waals surface area (Å²) >= 11 is 0. The van der Waals surface area contributed by atoms with Crippen LogP contribution in [-0.2, 0) is 0 Å². The average molecular weight is 85.1 g/mol. The molecule has 0 aliphatic carbocycles. The van der Waals surface area contributed by atoms with E-state index >= 15 is 0 Å². The molecule has 1 nitrogen and oxygen atoms in total. The normalized spacial score (nSPS) is 10.5. The van der Waals surface area contributed by atoms with Crippen LogP contribution < -0.4 is 0 Å². The van der Waals surface area contributed by atoms with Crippen LogP contribution in [0.3, 0.4) is 0 Å². The van der Waals surface area contributed by atoms with Crippen molar-refractivity contribution in [1.82, 2.24) is 0 Å². The summed E-state index contributed by atoms with van der Waals surface area (Å²) in [5, 5.41) is 7.78. The molecule has 0 aliphatic rings. The predicted molar refractivity (Wildman–Crippen MR) is 20.5 cm³/mol. The highest BCUT2D eigenvalue weighted by Gasteiger charge is 1.74. The molecule has 0 bridgehead atoms. The molecule has 0 amide bonds. The van der Waals surface area contributed by atoms with Crippen LogP contribution in [0.2, 0.25) is 0 Å². The van der Waals surface area contributed by atoms with Gasteiger partial charge in [0, 0.05) is 0 Å². The minimum Gasteiger partial charge on any atom is -0.214 e. The van der Waals surface area contributed by atoms with E-state index < -0.39 is 0 Å². The largest absolute Gasteiger partial charge is 0.214 e. The zero-order valence-corrected chi connectivity index (χ0v) is 3.40. The van der Waals surface area contributed by atoms with Gasteiger partial charge in [-0.2, -0.15) is 5.26 Å². The third-order valence-electron chi connectivity index (χ3n) is 0.340. The topological polar surface area (TPSA) is 23.8 Å². The molecule has 0 heterocycles.